The van der Waals surface area contributed by atoms with Crippen LogP contribution in [0.2, 0.25) is 0 Å². The van der Waals surface area contributed by atoms with Gasteiger partial charge in [-0.2, -0.15) is 0 Å². The van der Waals surface area contributed by atoms with E-state index in [4.69, 9.17) is 0 Å². The van der Waals surface area contributed by atoms with Crippen LogP contribution in [0.4, 0.5) is 0 Å². The molecule has 4 rings (SSSR count). The fraction of sp³-hybridized carbons (Fsp3) is 0.500. The third-order valence-electron chi connectivity index (χ3n) is 6.23. The minimum absolute atomic E-state index is 0.765. The third-order valence-corrected chi connectivity index (χ3v) is 6.23. The summed E-state index contributed by atoms with van der Waals surface area (Å²) in [7, 11) is 0. The van der Waals surface area contributed by atoms with Gasteiger partial charge in [0, 0.05) is 0 Å². The fourth-order valence-electron chi connectivity index (χ4n) is 4.98. The highest BCUT2D eigenvalue weighted by molar-refractivity contribution is 5.72. The zero-order valence-corrected chi connectivity index (χ0v) is 14.8. The summed E-state index contributed by atoms with van der Waals surface area (Å²) in [5, 5.41) is 0. The Kier molecular flexibility index (Phi) is 5.02. The molecule has 2 aliphatic carbocycles. The number of hydrogen-bond acceptors (Lipinski definition) is 0. The van der Waals surface area contributed by atoms with E-state index in [1.807, 2.05) is 0 Å². The van der Waals surface area contributed by atoms with Crippen molar-refractivity contribution in [1.82, 2.24) is 0 Å². The summed E-state index contributed by atoms with van der Waals surface area (Å²) < 4.78 is 0. The number of benzene rings is 2. The van der Waals surface area contributed by atoms with Crippen molar-refractivity contribution in [2.45, 2.75) is 76.0 Å². The Bertz CT molecular complexity index is 607. The summed E-state index contributed by atoms with van der Waals surface area (Å²) in [6, 6.07) is 19.1. The maximum atomic E-state index is 3.20. The summed E-state index contributed by atoms with van der Waals surface area (Å²) in [5.74, 6) is 1.53. The Morgan fingerprint density at radius 3 is 1.62 bits per heavy atom. The molecule has 1 radical (unpaired) electrons. The van der Waals surface area contributed by atoms with E-state index in [0.717, 1.165) is 11.8 Å². The van der Waals surface area contributed by atoms with Crippen molar-refractivity contribution in [1.29, 1.82) is 0 Å². The maximum absolute atomic E-state index is 3.20. The highest BCUT2D eigenvalue weighted by Gasteiger charge is 2.24. The summed E-state index contributed by atoms with van der Waals surface area (Å²) >= 11 is 0. The van der Waals surface area contributed by atoms with Gasteiger partial charge in [-0.1, -0.05) is 81.0 Å². The molecule has 0 unspecified atom stereocenters. The molecule has 0 saturated heterocycles. The van der Waals surface area contributed by atoms with Crippen molar-refractivity contribution in [3.63, 3.8) is 0 Å². The highest BCUT2D eigenvalue weighted by Crippen LogP contribution is 2.44. The topological polar surface area (TPSA) is 0 Å². The van der Waals surface area contributed by atoms with Crippen LogP contribution in [0.15, 0.2) is 42.5 Å². The SMILES string of the molecule is [c]1ccc(-c2c(C3CCCCC3)cccc2C2CCCCC2)cc1. The van der Waals surface area contributed by atoms with Gasteiger partial charge < -0.3 is 0 Å². The zero-order valence-electron chi connectivity index (χ0n) is 14.8. The molecule has 125 valence electrons. The second-order valence-corrected chi connectivity index (χ2v) is 7.77. The van der Waals surface area contributed by atoms with Gasteiger partial charge in [0.2, 0.25) is 0 Å². The van der Waals surface area contributed by atoms with E-state index in [0.29, 0.717) is 0 Å². The van der Waals surface area contributed by atoms with Crippen LogP contribution in [-0.2, 0) is 0 Å². The molecular weight excluding hydrogens is 288 g/mol. The Hall–Kier alpha value is -1.56. The molecule has 0 heteroatoms. The monoisotopic (exact) mass is 317 g/mol. The van der Waals surface area contributed by atoms with E-state index in [1.165, 1.54) is 69.8 Å². The average Bonchev–Trinajstić information content (AvgIpc) is 2.69. The van der Waals surface area contributed by atoms with Crippen molar-refractivity contribution in [3.8, 4) is 11.1 Å². The molecule has 2 aromatic rings. The van der Waals surface area contributed by atoms with Gasteiger partial charge in [-0.05, 0) is 65.8 Å². The lowest BCUT2D eigenvalue weighted by atomic mass is 9.75. The maximum Gasteiger partial charge on any atom is -0.0114 e. The molecule has 2 fully saturated rings. The Morgan fingerprint density at radius 1 is 0.625 bits per heavy atom. The summed E-state index contributed by atoms with van der Waals surface area (Å²) in [6.07, 6.45) is 14.0. The molecule has 0 aromatic heterocycles. The van der Waals surface area contributed by atoms with Gasteiger partial charge in [0.1, 0.15) is 0 Å². The largest absolute Gasteiger partial charge is 0.0617 e. The molecule has 0 heterocycles. The first-order valence-electron chi connectivity index (χ1n) is 10.0. The van der Waals surface area contributed by atoms with Crippen LogP contribution in [0, 0.1) is 6.07 Å². The summed E-state index contributed by atoms with van der Waals surface area (Å²) in [4.78, 5) is 0. The quantitative estimate of drug-likeness (QED) is 0.559. The Labute approximate surface area is 147 Å². The average molecular weight is 317 g/mol. The highest BCUT2D eigenvalue weighted by atomic mass is 14.3. The lowest BCUT2D eigenvalue weighted by Crippen LogP contribution is -2.11. The van der Waals surface area contributed by atoms with Crippen LogP contribution in [0.25, 0.3) is 11.1 Å². The first-order valence-corrected chi connectivity index (χ1v) is 10.0. The minimum atomic E-state index is 0.765. The van der Waals surface area contributed by atoms with E-state index in [2.05, 4.69) is 48.5 Å². The standard InChI is InChI=1S/C24H29/c1-4-11-19(12-5-1)22-17-10-18-23(20-13-6-2-7-14-20)24(22)21-15-8-3-9-16-21/h8-10,15-20H,1-2,4-7,11-14H2. The van der Waals surface area contributed by atoms with Gasteiger partial charge in [0.05, 0.1) is 0 Å². The van der Waals surface area contributed by atoms with Crippen LogP contribution < -0.4 is 0 Å². The zero-order chi connectivity index (χ0) is 16.2. The Morgan fingerprint density at radius 2 is 1.12 bits per heavy atom. The van der Waals surface area contributed by atoms with Crippen molar-refractivity contribution in [2.75, 3.05) is 0 Å². The van der Waals surface area contributed by atoms with Crippen molar-refractivity contribution in [3.05, 3.63) is 59.7 Å². The molecule has 0 amide bonds. The molecule has 0 spiro atoms. The Balaban J connectivity index is 1.80. The van der Waals surface area contributed by atoms with E-state index >= 15 is 0 Å². The van der Waals surface area contributed by atoms with E-state index in [-0.39, 0.29) is 0 Å². The second-order valence-electron chi connectivity index (χ2n) is 7.77. The van der Waals surface area contributed by atoms with Gasteiger partial charge in [-0.15, -0.1) is 0 Å². The predicted molar refractivity (Wildman–Crippen MR) is 102 cm³/mol. The molecule has 0 aliphatic heterocycles. The molecule has 2 aromatic carbocycles. The molecule has 2 aliphatic rings. The lowest BCUT2D eigenvalue weighted by molar-refractivity contribution is 0.437. The molecule has 0 N–H and O–H groups in total. The fourth-order valence-corrected chi connectivity index (χ4v) is 4.98. The second kappa shape index (κ2) is 7.55. The van der Waals surface area contributed by atoms with Crippen LogP contribution >= 0.6 is 0 Å². The first kappa shape index (κ1) is 15.9. The number of rotatable bonds is 3. The van der Waals surface area contributed by atoms with Crippen molar-refractivity contribution in [2.24, 2.45) is 0 Å². The third kappa shape index (κ3) is 3.29. The van der Waals surface area contributed by atoms with Crippen molar-refractivity contribution < 1.29 is 0 Å². The molecule has 0 nitrogen and oxygen atoms in total. The van der Waals surface area contributed by atoms with Gasteiger partial charge >= 0.3 is 0 Å². The van der Waals surface area contributed by atoms with E-state index in [1.54, 1.807) is 16.7 Å². The van der Waals surface area contributed by atoms with Gasteiger partial charge in [-0.25, -0.2) is 0 Å². The van der Waals surface area contributed by atoms with Crippen LogP contribution in [0.1, 0.15) is 87.2 Å². The van der Waals surface area contributed by atoms with Gasteiger partial charge in [0.25, 0.3) is 0 Å². The summed E-state index contributed by atoms with van der Waals surface area (Å²) in [5.41, 5.74) is 6.24. The van der Waals surface area contributed by atoms with Crippen LogP contribution in [-0.4, -0.2) is 0 Å². The van der Waals surface area contributed by atoms with Crippen LogP contribution in [0.3, 0.4) is 0 Å². The first-order chi connectivity index (χ1) is 11.9. The smallest absolute Gasteiger partial charge is 0.0114 e. The normalized spacial score (nSPS) is 20.2. The van der Waals surface area contributed by atoms with E-state index in [9.17, 15) is 0 Å². The van der Waals surface area contributed by atoms with Crippen LogP contribution in [0.5, 0.6) is 0 Å². The molecule has 24 heavy (non-hydrogen) atoms. The molecular formula is C24H29. The predicted octanol–water partition coefficient (Wildman–Crippen LogP) is 7.25. The van der Waals surface area contributed by atoms with Gasteiger partial charge in [0.15, 0.2) is 0 Å². The molecule has 0 atom stereocenters. The summed E-state index contributed by atoms with van der Waals surface area (Å²) in [6.45, 7) is 0. The van der Waals surface area contributed by atoms with Crippen molar-refractivity contribution >= 4 is 0 Å². The van der Waals surface area contributed by atoms with Gasteiger partial charge in [-0.3, -0.25) is 0 Å². The minimum Gasteiger partial charge on any atom is -0.0617 e. The number of hydrogen-bond donors (Lipinski definition) is 0. The molecule has 2 saturated carbocycles. The van der Waals surface area contributed by atoms with E-state index < -0.39 is 0 Å². The lowest BCUT2D eigenvalue weighted by Gasteiger charge is -2.30. The molecule has 0 bridgehead atoms.